The molecule has 0 saturated carbocycles. The summed E-state index contributed by atoms with van der Waals surface area (Å²) in [4.78, 5) is 11.9. The van der Waals surface area contributed by atoms with Gasteiger partial charge in [0.25, 0.3) is 0 Å². The third-order valence-electron chi connectivity index (χ3n) is 2.93. The largest absolute Gasteiger partial charge is 0.289 e. The van der Waals surface area contributed by atoms with E-state index < -0.39 is 10.0 Å². The highest BCUT2D eigenvalue weighted by atomic mass is 32.2. The molecule has 0 unspecified atom stereocenters. The van der Waals surface area contributed by atoms with Crippen LogP contribution in [0.5, 0.6) is 0 Å². The molecule has 2 rings (SSSR count). The van der Waals surface area contributed by atoms with E-state index in [0.29, 0.717) is 11.1 Å². The van der Waals surface area contributed by atoms with Crippen molar-refractivity contribution < 1.29 is 13.2 Å². The van der Waals surface area contributed by atoms with Gasteiger partial charge in [-0.05, 0) is 48.0 Å². The monoisotopic (exact) mass is 312 g/mol. The number of rotatable bonds is 4. The van der Waals surface area contributed by atoms with Crippen LogP contribution in [0.1, 0.15) is 21.5 Å². The molecule has 22 heavy (non-hydrogen) atoms. The zero-order valence-corrected chi connectivity index (χ0v) is 12.2. The first-order chi connectivity index (χ1) is 10.4. The van der Waals surface area contributed by atoms with Gasteiger partial charge in [-0.3, -0.25) is 4.79 Å². The summed E-state index contributed by atoms with van der Waals surface area (Å²) in [6.07, 6.45) is 3.00. The summed E-state index contributed by atoms with van der Waals surface area (Å²) in [5, 5.41) is 13.7. The maximum absolute atomic E-state index is 12.0. The Morgan fingerprint density at radius 1 is 1.05 bits per heavy atom. The van der Waals surface area contributed by atoms with Crippen LogP contribution in [0.2, 0.25) is 0 Å². The summed E-state index contributed by atoms with van der Waals surface area (Å²) < 4.78 is 22.3. The molecule has 0 heterocycles. The number of hydrogen-bond donors (Lipinski definition) is 1. The number of benzene rings is 2. The topological polar surface area (TPSA) is 101 Å². The predicted molar refractivity (Wildman–Crippen MR) is 82.3 cm³/mol. The number of nitrogens with zero attached hydrogens (tertiary/aromatic N) is 1. The van der Waals surface area contributed by atoms with E-state index in [1.54, 1.807) is 30.3 Å². The molecule has 0 atom stereocenters. The summed E-state index contributed by atoms with van der Waals surface area (Å²) in [7, 11) is -3.76. The molecule has 2 aromatic carbocycles. The molecule has 2 N–H and O–H groups in total. The van der Waals surface area contributed by atoms with Crippen molar-refractivity contribution in [3.8, 4) is 6.07 Å². The summed E-state index contributed by atoms with van der Waals surface area (Å²) in [6.45, 7) is 0. The standard InChI is InChI=1S/C16H12N2O3S/c17-11-13-3-1-12(2-4-13)5-10-16(19)14-6-8-15(9-7-14)22(18,20)21/h1-10H,(H2,18,20,21)/b10-5+. The van der Waals surface area contributed by atoms with Gasteiger partial charge in [0.2, 0.25) is 10.0 Å². The van der Waals surface area contributed by atoms with Crippen molar-refractivity contribution in [3.05, 3.63) is 71.3 Å². The molecule has 0 fully saturated rings. The molecule has 6 heteroatoms. The second kappa shape index (κ2) is 6.35. The van der Waals surface area contributed by atoms with Crippen LogP contribution in [-0.2, 0) is 10.0 Å². The second-order valence-corrected chi connectivity index (χ2v) is 6.06. The molecule has 0 saturated heterocycles. The van der Waals surface area contributed by atoms with E-state index in [2.05, 4.69) is 0 Å². The maximum atomic E-state index is 12.0. The van der Waals surface area contributed by atoms with Crippen LogP contribution in [0.25, 0.3) is 6.08 Å². The molecule has 110 valence electrons. The Labute approximate surface area is 128 Å². The average molecular weight is 312 g/mol. The molecular weight excluding hydrogens is 300 g/mol. The average Bonchev–Trinajstić information content (AvgIpc) is 2.52. The van der Waals surface area contributed by atoms with Gasteiger partial charge in [-0.15, -0.1) is 0 Å². The highest BCUT2D eigenvalue weighted by Gasteiger charge is 2.08. The van der Waals surface area contributed by atoms with E-state index >= 15 is 0 Å². The molecular formula is C16H12N2O3S. The summed E-state index contributed by atoms with van der Waals surface area (Å²) in [5.41, 5.74) is 1.69. The number of nitrogens with two attached hydrogens (primary N) is 1. The number of hydrogen-bond acceptors (Lipinski definition) is 4. The zero-order valence-electron chi connectivity index (χ0n) is 11.4. The Hall–Kier alpha value is -2.75. The lowest BCUT2D eigenvalue weighted by Crippen LogP contribution is -2.12. The van der Waals surface area contributed by atoms with Crippen molar-refractivity contribution in [2.24, 2.45) is 5.14 Å². The van der Waals surface area contributed by atoms with E-state index in [1.165, 1.54) is 30.3 Å². The molecule has 0 bridgehead atoms. The minimum Gasteiger partial charge on any atom is -0.289 e. The van der Waals surface area contributed by atoms with Gasteiger partial charge in [-0.1, -0.05) is 18.2 Å². The van der Waals surface area contributed by atoms with Crippen molar-refractivity contribution in [1.82, 2.24) is 0 Å². The van der Waals surface area contributed by atoms with Crippen molar-refractivity contribution in [3.63, 3.8) is 0 Å². The predicted octanol–water partition coefficient (Wildman–Crippen LogP) is 2.10. The number of ketones is 1. The van der Waals surface area contributed by atoms with Gasteiger partial charge < -0.3 is 0 Å². The third kappa shape index (κ3) is 3.88. The number of nitriles is 1. The zero-order chi connectivity index (χ0) is 16.2. The van der Waals surface area contributed by atoms with Crippen molar-refractivity contribution in [1.29, 1.82) is 5.26 Å². The quantitative estimate of drug-likeness (QED) is 0.690. The van der Waals surface area contributed by atoms with Gasteiger partial charge in [-0.2, -0.15) is 5.26 Å². The Kier molecular flexibility index (Phi) is 4.51. The summed E-state index contributed by atoms with van der Waals surface area (Å²) >= 11 is 0. The second-order valence-electron chi connectivity index (χ2n) is 4.50. The van der Waals surface area contributed by atoms with E-state index in [4.69, 9.17) is 10.4 Å². The number of carbonyl (C=O) groups excluding carboxylic acids is 1. The van der Waals surface area contributed by atoms with Crippen LogP contribution in [-0.4, -0.2) is 14.2 Å². The smallest absolute Gasteiger partial charge is 0.238 e. The number of allylic oxidation sites excluding steroid dienone is 1. The minimum absolute atomic E-state index is 0.0416. The summed E-state index contributed by atoms with van der Waals surface area (Å²) in [6, 6.07) is 14.2. The van der Waals surface area contributed by atoms with Gasteiger partial charge in [0, 0.05) is 5.56 Å². The number of sulfonamides is 1. The molecule has 0 aromatic heterocycles. The van der Waals surface area contributed by atoms with Gasteiger partial charge in [-0.25, -0.2) is 13.6 Å². The molecule has 0 amide bonds. The molecule has 5 nitrogen and oxygen atoms in total. The Balaban J connectivity index is 2.14. The van der Waals surface area contributed by atoms with Crippen LogP contribution in [0, 0.1) is 11.3 Å². The van der Waals surface area contributed by atoms with Gasteiger partial charge >= 0.3 is 0 Å². The summed E-state index contributed by atoms with van der Waals surface area (Å²) in [5.74, 6) is -0.259. The molecule has 0 aliphatic heterocycles. The molecule has 0 spiro atoms. The van der Waals surface area contributed by atoms with E-state index in [0.717, 1.165) is 5.56 Å². The van der Waals surface area contributed by atoms with Crippen LogP contribution < -0.4 is 5.14 Å². The molecule has 0 aliphatic rings. The number of primary sulfonamides is 1. The lowest BCUT2D eigenvalue weighted by Gasteiger charge is -1.99. The Bertz CT molecular complexity index is 859. The van der Waals surface area contributed by atoms with Crippen molar-refractivity contribution in [2.45, 2.75) is 4.90 Å². The Morgan fingerprint density at radius 3 is 2.14 bits per heavy atom. The van der Waals surface area contributed by atoms with E-state index in [1.807, 2.05) is 6.07 Å². The molecule has 0 radical (unpaired) electrons. The SMILES string of the molecule is N#Cc1ccc(/C=C/C(=O)c2ccc(S(N)(=O)=O)cc2)cc1. The van der Waals surface area contributed by atoms with E-state index in [9.17, 15) is 13.2 Å². The third-order valence-corrected chi connectivity index (χ3v) is 3.86. The van der Waals surface area contributed by atoms with Crippen LogP contribution >= 0.6 is 0 Å². The van der Waals surface area contributed by atoms with Crippen LogP contribution in [0.3, 0.4) is 0 Å². The maximum Gasteiger partial charge on any atom is 0.238 e. The minimum atomic E-state index is -3.76. The fraction of sp³-hybridized carbons (Fsp3) is 0. The lowest BCUT2D eigenvalue weighted by molar-refractivity contribution is 0.104. The first kappa shape index (κ1) is 15.6. The highest BCUT2D eigenvalue weighted by molar-refractivity contribution is 7.89. The highest BCUT2D eigenvalue weighted by Crippen LogP contribution is 2.11. The van der Waals surface area contributed by atoms with Crippen molar-refractivity contribution >= 4 is 21.9 Å². The molecule has 2 aromatic rings. The first-order valence-corrected chi connectivity index (χ1v) is 7.80. The van der Waals surface area contributed by atoms with Crippen LogP contribution in [0.4, 0.5) is 0 Å². The van der Waals surface area contributed by atoms with Gasteiger partial charge in [0.15, 0.2) is 5.78 Å². The van der Waals surface area contributed by atoms with E-state index in [-0.39, 0.29) is 10.7 Å². The fourth-order valence-corrected chi connectivity index (χ4v) is 2.26. The van der Waals surface area contributed by atoms with Gasteiger partial charge in [0.05, 0.1) is 16.5 Å². The van der Waals surface area contributed by atoms with Gasteiger partial charge in [0.1, 0.15) is 0 Å². The number of carbonyl (C=O) groups is 1. The molecule has 0 aliphatic carbocycles. The van der Waals surface area contributed by atoms with Crippen LogP contribution in [0.15, 0.2) is 59.5 Å². The first-order valence-electron chi connectivity index (χ1n) is 6.25. The lowest BCUT2D eigenvalue weighted by atomic mass is 10.1. The normalized spacial score (nSPS) is 11.3. The Morgan fingerprint density at radius 2 is 1.64 bits per heavy atom. The van der Waals surface area contributed by atoms with Crippen molar-refractivity contribution in [2.75, 3.05) is 0 Å². The fourth-order valence-electron chi connectivity index (χ4n) is 1.75.